The number of nitrogen functional groups attached to an aromatic ring is 1. The first kappa shape index (κ1) is 17.5. The molecule has 0 unspecified atom stereocenters. The largest absolute Gasteiger partial charge is 0.326 e. The van der Waals surface area contributed by atoms with Crippen LogP contribution in [0.5, 0.6) is 0 Å². The third kappa shape index (κ3) is 5.36. The molecule has 21 heavy (non-hydrogen) atoms. The summed E-state index contributed by atoms with van der Waals surface area (Å²) in [4.78, 5) is 14.2. The van der Waals surface area contributed by atoms with E-state index in [4.69, 9.17) is 5.84 Å². The standard InChI is InChI=1S/C16H28N4O/c1-5-20(6-2)10-9-16(21)18-13-7-8-14(12(3)4)15(11-13)19-17/h7-8,11-12,19H,5-6,9-10,17H2,1-4H3,(H,18,21). The van der Waals surface area contributed by atoms with E-state index in [1.54, 1.807) is 0 Å². The number of carbonyl (C=O) groups excluding carboxylic acids is 1. The van der Waals surface area contributed by atoms with E-state index in [9.17, 15) is 4.79 Å². The molecule has 1 rings (SSSR count). The molecule has 1 aromatic carbocycles. The Labute approximate surface area is 127 Å². The van der Waals surface area contributed by atoms with Gasteiger partial charge in [0.15, 0.2) is 0 Å². The topological polar surface area (TPSA) is 70.4 Å². The fraction of sp³-hybridized carbons (Fsp3) is 0.562. The SMILES string of the molecule is CCN(CC)CCC(=O)Nc1ccc(C(C)C)c(NN)c1. The van der Waals surface area contributed by atoms with Crippen LogP contribution >= 0.6 is 0 Å². The van der Waals surface area contributed by atoms with Crippen molar-refractivity contribution in [3.8, 4) is 0 Å². The zero-order valence-corrected chi connectivity index (χ0v) is 13.6. The Morgan fingerprint density at radius 1 is 1.29 bits per heavy atom. The second-order valence-electron chi connectivity index (χ2n) is 5.43. The summed E-state index contributed by atoms with van der Waals surface area (Å²) in [5.41, 5.74) is 5.47. The van der Waals surface area contributed by atoms with Gasteiger partial charge in [0.05, 0.1) is 5.69 Å². The lowest BCUT2D eigenvalue weighted by Crippen LogP contribution is -2.27. The van der Waals surface area contributed by atoms with E-state index in [0.717, 1.165) is 36.6 Å². The highest BCUT2D eigenvalue weighted by atomic mass is 16.1. The number of hydrogen-bond donors (Lipinski definition) is 3. The molecule has 0 spiro atoms. The van der Waals surface area contributed by atoms with E-state index in [1.165, 1.54) is 0 Å². The quantitative estimate of drug-likeness (QED) is 0.509. The second-order valence-corrected chi connectivity index (χ2v) is 5.43. The number of amides is 1. The van der Waals surface area contributed by atoms with Gasteiger partial charge in [0.1, 0.15) is 0 Å². The Morgan fingerprint density at radius 2 is 1.95 bits per heavy atom. The Balaban J connectivity index is 2.64. The van der Waals surface area contributed by atoms with Crippen molar-refractivity contribution in [3.63, 3.8) is 0 Å². The van der Waals surface area contributed by atoms with Gasteiger partial charge in [-0.1, -0.05) is 33.8 Å². The molecule has 0 saturated carbocycles. The summed E-state index contributed by atoms with van der Waals surface area (Å²) in [5, 5.41) is 2.93. The molecule has 0 atom stereocenters. The minimum absolute atomic E-state index is 0.0298. The normalized spacial score (nSPS) is 11.0. The average Bonchev–Trinajstić information content (AvgIpc) is 2.47. The molecule has 0 heterocycles. The molecular weight excluding hydrogens is 264 g/mol. The summed E-state index contributed by atoms with van der Waals surface area (Å²) < 4.78 is 0. The number of hydrazine groups is 1. The minimum atomic E-state index is 0.0298. The minimum Gasteiger partial charge on any atom is -0.326 e. The van der Waals surface area contributed by atoms with Crippen molar-refractivity contribution in [2.75, 3.05) is 30.4 Å². The van der Waals surface area contributed by atoms with Gasteiger partial charge in [-0.3, -0.25) is 10.6 Å². The fourth-order valence-corrected chi connectivity index (χ4v) is 2.29. The molecular formula is C16H28N4O. The highest BCUT2D eigenvalue weighted by molar-refractivity contribution is 5.91. The van der Waals surface area contributed by atoms with E-state index in [2.05, 4.69) is 43.3 Å². The zero-order valence-electron chi connectivity index (χ0n) is 13.6. The average molecular weight is 292 g/mol. The summed E-state index contributed by atoms with van der Waals surface area (Å²) >= 11 is 0. The summed E-state index contributed by atoms with van der Waals surface area (Å²) in [7, 11) is 0. The van der Waals surface area contributed by atoms with Crippen molar-refractivity contribution >= 4 is 17.3 Å². The molecule has 0 aliphatic rings. The summed E-state index contributed by atoms with van der Waals surface area (Å²) in [6.07, 6.45) is 0.499. The van der Waals surface area contributed by atoms with Crippen LogP contribution in [0, 0.1) is 0 Å². The van der Waals surface area contributed by atoms with E-state index < -0.39 is 0 Å². The van der Waals surface area contributed by atoms with E-state index >= 15 is 0 Å². The van der Waals surface area contributed by atoms with Crippen LogP contribution in [0.15, 0.2) is 18.2 Å². The first-order valence-electron chi connectivity index (χ1n) is 7.64. The number of anilines is 2. The molecule has 0 radical (unpaired) electrons. The number of hydrogen-bond acceptors (Lipinski definition) is 4. The molecule has 0 bridgehead atoms. The summed E-state index contributed by atoms with van der Waals surface area (Å²) in [5.74, 6) is 5.96. The summed E-state index contributed by atoms with van der Waals surface area (Å²) in [6, 6.07) is 5.80. The van der Waals surface area contributed by atoms with Crippen LogP contribution in [0.2, 0.25) is 0 Å². The molecule has 5 nitrogen and oxygen atoms in total. The van der Waals surface area contributed by atoms with Gasteiger partial charge in [-0.15, -0.1) is 0 Å². The highest BCUT2D eigenvalue weighted by Crippen LogP contribution is 2.26. The van der Waals surface area contributed by atoms with Crippen LogP contribution in [0.3, 0.4) is 0 Å². The van der Waals surface area contributed by atoms with Gasteiger partial charge in [0.25, 0.3) is 0 Å². The van der Waals surface area contributed by atoms with Crippen molar-refractivity contribution in [2.45, 2.75) is 40.0 Å². The Hall–Kier alpha value is -1.59. The molecule has 4 N–H and O–H groups in total. The van der Waals surface area contributed by atoms with E-state index in [-0.39, 0.29) is 5.91 Å². The highest BCUT2D eigenvalue weighted by Gasteiger charge is 2.09. The first-order valence-corrected chi connectivity index (χ1v) is 7.64. The maximum Gasteiger partial charge on any atom is 0.225 e. The van der Waals surface area contributed by atoms with Gasteiger partial charge in [-0.05, 0) is 36.7 Å². The van der Waals surface area contributed by atoms with Crippen LogP contribution in [0.25, 0.3) is 0 Å². The van der Waals surface area contributed by atoms with Gasteiger partial charge >= 0.3 is 0 Å². The number of nitrogens with one attached hydrogen (secondary N) is 2. The predicted molar refractivity (Wildman–Crippen MR) is 89.4 cm³/mol. The van der Waals surface area contributed by atoms with Crippen LogP contribution in [0.1, 0.15) is 45.6 Å². The van der Waals surface area contributed by atoms with Crippen molar-refractivity contribution in [1.29, 1.82) is 0 Å². The molecule has 0 fully saturated rings. The van der Waals surface area contributed by atoms with Crippen LogP contribution < -0.4 is 16.6 Å². The number of nitrogens with two attached hydrogens (primary N) is 1. The smallest absolute Gasteiger partial charge is 0.225 e. The van der Waals surface area contributed by atoms with Gasteiger partial charge in [0.2, 0.25) is 5.91 Å². The van der Waals surface area contributed by atoms with E-state index in [0.29, 0.717) is 12.3 Å². The second kappa shape index (κ2) is 8.64. The Bertz CT molecular complexity index is 456. The molecule has 1 aromatic rings. The third-order valence-corrected chi connectivity index (χ3v) is 3.66. The lowest BCUT2D eigenvalue weighted by atomic mass is 10.0. The van der Waals surface area contributed by atoms with Crippen molar-refractivity contribution in [2.24, 2.45) is 5.84 Å². The van der Waals surface area contributed by atoms with Gasteiger partial charge in [-0.25, -0.2) is 0 Å². The molecule has 0 aromatic heterocycles. The maximum absolute atomic E-state index is 12.0. The van der Waals surface area contributed by atoms with Crippen LogP contribution in [-0.4, -0.2) is 30.4 Å². The van der Waals surface area contributed by atoms with Crippen molar-refractivity contribution in [3.05, 3.63) is 23.8 Å². The van der Waals surface area contributed by atoms with E-state index in [1.807, 2.05) is 18.2 Å². The van der Waals surface area contributed by atoms with Crippen molar-refractivity contribution < 1.29 is 4.79 Å². The molecule has 0 aliphatic heterocycles. The fourth-order valence-electron chi connectivity index (χ4n) is 2.29. The predicted octanol–water partition coefficient (Wildman–Crippen LogP) is 2.77. The molecule has 1 amide bonds. The van der Waals surface area contributed by atoms with Crippen molar-refractivity contribution in [1.82, 2.24) is 4.90 Å². The van der Waals surface area contributed by atoms with Crippen LogP contribution in [0.4, 0.5) is 11.4 Å². The number of benzene rings is 1. The lowest BCUT2D eigenvalue weighted by molar-refractivity contribution is -0.116. The Morgan fingerprint density at radius 3 is 2.48 bits per heavy atom. The van der Waals surface area contributed by atoms with Crippen LogP contribution in [-0.2, 0) is 4.79 Å². The number of carbonyl (C=O) groups is 1. The monoisotopic (exact) mass is 292 g/mol. The maximum atomic E-state index is 12.0. The molecule has 0 saturated heterocycles. The van der Waals surface area contributed by atoms with Gasteiger partial charge in [0, 0.05) is 18.7 Å². The number of nitrogens with zero attached hydrogens (tertiary/aromatic N) is 1. The molecule has 118 valence electrons. The Kier molecular flexibility index (Phi) is 7.19. The lowest BCUT2D eigenvalue weighted by Gasteiger charge is -2.18. The third-order valence-electron chi connectivity index (χ3n) is 3.66. The number of rotatable bonds is 8. The van der Waals surface area contributed by atoms with Gasteiger partial charge in [-0.2, -0.15) is 0 Å². The molecule has 0 aliphatic carbocycles. The molecule has 5 heteroatoms. The van der Waals surface area contributed by atoms with Gasteiger partial charge < -0.3 is 15.6 Å². The summed E-state index contributed by atoms with van der Waals surface area (Å²) in [6.45, 7) is 11.1. The first-order chi connectivity index (χ1) is 10.0. The zero-order chi connectivity index (χ0) is 15.8.